The Bertz CT molecular complexity index is 1220. The Labute approximate surface area is 179 Å². The molecule has 0 radical (unpaired) electrons. The smallest absolute Gasteiger partial charge is 0.270 e. The van der Waals surface area contributed by atoms with Crippen LogP contribution in [0.3, 0.4) is 0 Å². The van der Waals surface area contributed by atoms with E-state index in [1.807, 2.05) is 6.07 Å². The number of thiophene rings is 1. The summed E-state index contributed by atoms with van der Waals surface area (Å²) >= 11 is 1.76. The number of non-ortho nitro benzene ring substituents is 1. The number of nitro groups is 1. The molecule has 0 bridgehead atoms. The monoisotopic (exact) mass is 414 g/mol. The van der Waals surface area contributed by atoms with Gasteiger partial charge in [-0.15, -0.1) is 11.3 Å². The molecular weight excluding hydrogens is 392 g/mol. The number of nitrogens with zero attached hydrogens (tertiary/aromatic N) is 2. The van der Waals surface area contributed by atoms with Gasteiger partial charge in [0.05, 0.1) is 10.6 Å². The second-order valence-electron chi connectivity index (χ2n) is 7.74. The van der Waals surface area contributed by atoms with Crippen molar-refractivity contribution < 1.29 is 4.92 Å². The molecule has 1 aromatic heterocycles. The average Bonchev–Trinajstić information content (AvgIpc) is 3.44. The summed E-state index contributed by atoms with van der Waals surface area (Å²) in [6.07, 6.45) is 3.30. The molecule has 0 spiro atoms. The molecule has 4 aromatic rings. The van der Waals surface area contributed by atoms with Crippen molar-refractivity contribution in [2.45, 2.75) is 19.3 Å². The van der Waals surface area contributed by atoms with Crippen LogP contribution in [0.5, 0.6) is 0 Å². The third-order valence-corrected chi connectivity index (χ3v) is 6.98. The average molecular weight is 415 g/mol. The van der Waals surface area contributed by atoms with Crippen LogP contribution in [0, 0.1) is 10.1 Å². The van der Waals surface area contributed by atoms with E-state index in [9.17, 15) is 10.1 Å². The lowest BCUT2D eigenvalue weighted by molar-refractivity contribution is -0.384. The van der Waals surface area contributed by atoms with Gasteiger partial charge in [0.2, 0.25) is 0 Å². The Morgan fingerprint density at radius 2 is 1.70 bits per heavy atom. The van der Waals surface area contributed by atoms with E-state index in [2.05, 4.69) is 53.4 Å². The van der Waals surface area contributed by atoms with Crippen molar-refractivity contribution in [3.63, 3.8) is 0 Å². The molecule has 4 nitrogen and oxygen atoms in total. The lowest BCUT2D eigenvalue weighted by atomic mass is 10.0. The van der Waals surface area contributed by atoms with Crippen LogP contribution in [-0.2, 0) is 6.42 Å². The minimum absolute atomic E-state index is 0.138. The first-order valence-electron chi connectivity index (χ1n) is 10.3. The molecule has 30 heavy (non-hydrogen) atoms. The molecule has 0 N–H and O–H groups in total. The molecule has 0 amide bonds. The first-order valence-corrected chi connectivity index (χ1v) is 11.1. The largest absolute Gasteiger partial charge is 0.371 e. The molecule has 2 heterocycles. The molecule has 1 saturated heterocycles. The Kier molecular flexibility index (Phi) is 4.97. The minimum atomic E-state index is -0.324. The highest BCUT2D eigenvalue weighted by molar-refractivity contribution is 7.16. The summed E-state index contributed by atoms with van der Waals surface area (Å²) in [5.74, 6) is 0. The highest BCUT2D eigenvalue weighted by Gasteiger charge is 2.21. The van der Waals surface area contributed by atoms with E-state index in [0.29, 0.717) is 0 Å². The summed E-state index contributed by atoms with van der Waals surface area (Å²) in [5.41, 5.74) is 3.66. The van der Waals surface area contributed by atoms with Crippen molar-refractivity contribution >= 4 is 33.5 Å². The first kappa shape index (κ1) is 18.8. The second kappa shape index (κ2) is 7.92. The molecular formula is C25H22N2O2S. The van der Waals surface area contributed by atoms with Crippen LogP contribution >= 0.6 is 11.3 Å². The van der Waals surface area contributed by atoms with Crippen LogP contribution in [0.1, 0.15) is 23.3 Å². The third kappa shape index (κ3) is 3.57. The zero-order valence-corrected chi connectivity index (χ0v) is 17.4. The van der Waals surface area contributed by atoms with Gasteiger partial charge in [0.1, 0.15) is 0 Å². The summed E-state index contributed by atoms with van der Waals surface area (Å²) in [7, 11) is 0. The van der Waals surface area contributed by atoms with Gasteiger partial charge < -0.3 is 4.90 Å². The third-order valence-electron chi connectivity index (χ3n) is 5.81. The van der Waals surface area contributed by atoms with Crippen LogP contribution < -0.4 is 4.90 Å². The standard InChI is InChI=1S/C25H22N2O2S/c28-27(29)21-11-6-10-20(15-21)24-17-23(26-13-3-4-14-26)25(30-24)16-19-9-5-8-18-7-1-2-12-22(18)19/h1-2,5-12,15,17H,3-4,13-14,16H2. The van der Waals surface area contributed by atoms with Crippen molar-refractivity contribution in [1.29, 1.82) is 0 Å². The van der Waals surface area contributed by atoms with Crippen LogP contribution in [0.2, 0.25) is 0 Å². The maximum absolute atomic E-state index is 11.2. The zero-order valence-electron chi connectivity index (χ0n) is 16.6. The summed E-state index contributed by atoms with van der Waals surface area (Å²) in [5, 5.41) is 13.8. The van der Waals surface area contributed by atoms with E-state index in [-0.39, 0.29) is 10.6 Å². The minimum Gasteiger partial charge on any atom is -0.371 e. The fourth-order valence-corrected chi connectivity index (χ4v) is 5.51. The second-order valence-corrected chi connectivity index (χ2v) is 8.87. The van der Waals surface area contributed by atoms with E-state index in [1.165, 1.54) is 39.7 Å². The maximum atomic E-state index is 11.2. The van der Waals surface area contributed by atoms with Gasteiger partial charge in [-0.05, 0) is 40.8 Å². The summed E-state index contributed by atoms with van der Waals surface area (Å²) in [4.78, 5) is 15.8. The molecule has 1 aliphatic rings. The lowest BCUT2D eigenvalue weighted by Gasteiger charge is -2.18. The zero-order chi connectivity index (χ0) is 20.5. The van der Waals surface area contributed by atoms with E-state index in [4.69, 9.17) is 0 Å². The Morgan fingerprint density at radius 3 is 2.53 bits per heavy atom. The number of hydrogen-bond donors (Lipinski definition) is 0. The lowest BCUT2D eigenvalue weighted by Crippen LogP contribution is -2.18. The Hall–Kier alpha value is -3.18. The van der Waals surface area contributed by atoms with Crippen molar-refractivity contribution in [2.75, 3.05) is 18.0 Å². The number of hydrogen-bond acceptors (Lipinski definition) is 4. The van der Waals surface area contributed by atoms with Gasteiger partial charge in [-0.25, -0.2) is 0 Å². The predicted molar refractivity (Wildman–Crippen MR) is 125 cm³/mol. The number of anilines is 1. The topological polar surface area (TPSA) is 46.4 Å². The van der Waals surface area contributed by atoms with Crippen molar-refractivity contribution in [3.05, 3.63) is 93.4 Å². The van der Waals surface area contributed by atoms with Gasteiger partial charge in [0, 0.05) is 41.4 Å². The van der Waals surface area contributed by atoms with Crippen molar-refractivity contribution in [3.8, 4) is 10.4 Å². The highest BCUT2D eigenvalue weighted by atomic mass is 32.1. The number of rotatable bonds is 5. The molecule has 0 unspecified atom stereocenters. The van der Waals surface area contributed by atoms with Gasteiger partial charge in [-0.2, -0.15) is 0 Å². The van der Waals surface area contributed by atoms with E-state index in [1.54, 1.807) is 29.5 Å². The number of benzene rings is 3. The van der Waals surface area contributed by atoms with E-state index >= 15 is 0 Å². The quantitative estimate of drug-likeness (QED) is 0.271. The van der Waals surface area contributed by atoms with E-state index < -0.39 is 0 Å². The van der Waals surface area contributed by atoms with Gasteiger partial charge in [0.15, 0.2) is 0 Å². The van der Waals surface area contributed by atoms with E-state index in [0.717, 1.165) is 30.0 Å². The first-order chi connectivity index (χ1) is 14.7. The molecule has 5 rings (SSSR count). The number of nitro benzene ring substituents is 1. The Balaban J connectivity index is 1.58. The molecule has 1 fully saturated rings. The summed E-state index contributed by atoms with van der Waals surface area (Å²) < 4.78 is 0. The van der Waals surface area contributed by atoms with Crippen LogP contribution in [0.15, 0.2) is 72.8 Å². The predicted octanol–water partition coefficient (Wildman–Crippen LogP) is 6.67. The fourth-order valence-electron chi connectivity index (χ4n) is 4.31. The summed E-state index contributed by atoms with van der Waals surface area (Å²) in [6, 6.07) is 24.2. The maximum Gasteiger partial charge on any atom is 0.270 e. The molecule has 1 aliphatic heterocycles. The highest BCUT2D eigenvalue weighted by Crippen LogP contribution is 2.40. The molecule has 0 saturated carbocycles. The van der Waals surface area contributed by atoms with Crippen molar-refractivity contribution in [2.24, 2.45) is 0 Å². The Morgan fingerprint density at radius 1 is 0.933 bits per heavy atom. The molecule has 3 aromatic carbocycles. The van der Waals surface area contributed by atoms with Gasteiger partial charge >= 0.3 is 0 Å². The molecule has 0 aliphatic carbocycles. The van der Waals surface area contributed by atoms with Crippen LogP contribution in [-0.4, -0.2) is 18.0 Å². The van der Waals surface area contributed by atoms with Gasteiger partial charge in [0.25, 0.3) is 5.69 Å². The van der Waals surface area contributed by atoms with Crippen LogP contribution in [0.4, 0.5) is 11.4 Å². The van der Waals surface area contributed by atoms with Gasteiger partial charge in [-0.1, -0.05) is 54.6 Å². The number of fused-ring (bicyclic) bond motifs is 1. The summed E-state index contributed by atoms with van der Waals surface area (Å²) in [6.45, 7) is 2.15. The molecule has 0 atom stereocenters. The molecule has 5 heteroatoms. The van der Waals surface area contributed by atoms with Gasteiger partial charge in [-0.3, -0.25) is 10.1 Å². The normalized spacial score (nSPS) is 13.8. The van der Waals surface area contributed by atoms with Crippen LogP contribution in [0.25, 0.3) is 21.2 Å². The fraction of sp³-hybridized carbons (Fsp3) is 0.200. The van der Waals surface area contributed by atoms with Crippen molar-refractivity contribution in [1.82, 2.24) is 0 Å². The SMILES string of the molecule is O=[N+]([O-])c1cccc(-c2cc(N3CCCC3)c(Cc3cccc4ccccc34)s2)c1. The molecule has 150 valence electrons.